The summed E-state index contributed by atoms with van der Waals surface area (Å²) >= 11 is 1.73. The molecule has 0 radical (unpaired) electrons. The Morgan fingerprint density at radius 3 is 2.64 bits per heavy atom. The molecule has 2 N–H and O–H groups in total. The second kappa shape index (κ2) is 10.2. The quantitative estimate of drug-likeness (QED) is 0.561. The molecule has 1 aliphatic rings. The van der Waals surface area contributed by atoms with Crippen LogP contribution >= 0.6 is 11.3 Å². The maximum atomic E-state index is 12.0. The average molecular weight is 408 g/mol. The minimum Gasteiger partial charge on any atom is -0.356 e. The van der Waals surface area contributed by atoms with Crippen molar-refractivity contribution in [3.63, 3.8) is 0 Å². The minimum absolute atomic E-state index is 0.00659. The highest BCUT2D eigenvalue weighted by Crippen LogP contribution is 2.25. The van der Waals surface area contributed by atoms with Crippen LogP contribution in [-0.4, -0.2) is 55.0 Å². The molecule has 0 saturated heterocycles. The summed E-state index contributed by atoms with van der Waals surface area (Å²) in [5.41, 5.74) is 1.20. The molecule has 0 bridgehead atoms. The Kier molecular flexibility index (Phi) is 8.28. The van der Waals surface area contributed by atoms with Gasteiger partial charge in [0, 0.05) is 43.9 Å². The van der Waals surface area contributed by atoms with Crippen LogP contribution in [0.25, 0.3) is 0 Å². The van der Waals surface area contributed by atoms with Crippen LogP contribution in [0, 0.1) is 5.92 Å². The predicted octanol–water partition coefficient (Wildman–Crippen LogP) is 3.19. The van der Waals surface area contributed by atoms with Crippen molar-refractivity contribution < 1.29 is 4.79 Å². The van der Waals surface area contributed by atoms with E-state index in [4.69, 9.17) is 4.98 Å². The van der Waals surface area contributed by atoms with E-state index in [9.17, 15) is 4.79 Å². The highest BCUT2D eigenvalue weighted by atomic mass is 32.1. The number of hydrogen-bond donors (Lipinski definition) is 2. The Balaban J connectivity index is 1.95. The van der Waals surface area contributed by atoms with E-state index < -0.39 is 0 Å². The Hall–Kier alpha value is -1.63. The molecule has 1 fully saturated rings. The number of hydrogen-bond acceptors (Lipinski definition) is 4. The summed E-state index contributed by atoms with van der Waals surface area (Å²) in [4.78, 5) is 22.8. The van der Waals surface area contributed by atoms with Crippen LogP contribution in [0.1, 0.15) is 64.1 Å². The molecular weight excluding hydrogens is 370 g/mol. The van der Waals surface area contributed by atoms with Crippen molar-refractivity contribution in [2.75, 3.05) is 27.2 Å². The molecule has 2 atom stereocenters. The normalized spacial score (nSPS) is 20.7. The fourth-order valence-corrected chi connectivity index (χ4v) is 4.16. The van der Waals surface area contributed by atoms with Gasteiger partial charge >= 0.3 is 0 Å². The molecule has 2 unspecified atom stereocenters. The van der Waals surface area contributed by atoms with Crippen LogP contribution in [0.15, 0.2) is 10.4 Å². The summed E-state index contributed by atoms with van der Waals surface area (Å²) in [6, 6.07) is 0.418. The van der Waals surface area contributed by atoms with Gasteiger partial charge in [-0.1, -0.05) is 40.5 Å². The highest BCUT2D eigenvalue weighted by Gasteiger charge is 2.22. The number of carbonyl (C=O) groups is 1. The summed E-state index contributed by atoms with van der Waals surface area (Å²) in [7, 11) is 3.52. The van der Waals surface area contributed by atoms with Gasteiger partial charge in [0.25, 0.3) is 0 Å². The van der Waals surface area contributed by atoms with Crippen molar-refractivity contribution in [1.82, 2.24) is 20.5 Å². The minimum atomic E-state index is 0.00659. The molecule has 2 rings (SSSR count). The van der Waals surface area contributed by atoms with Crippen LogP contribution in [-0.2, 0) is 16.6 Å². The van der Waals surface area contributed by atoms with Crippen molar-refractivity contribution >= 4 is 23.2 Å². The van der Waals surface area contributed by atoms with Crippen molar-refractivity contribution in [2.45, 2.75) is 71.3 Å². The van der Waals surface area contributed by atoms with E-state index in [-0.39, 0.29) is 17.9 Å². The number of nitrogens with zero attached hydrogens (tertiary/aromatic N) is 3. The second-order valence-electron chi connectivity index (χ2n) is 9.04. The molecule has 1 aromatic rings. The number of nitrogens with one attached hydrogen (secondary N) is 2. The summed E-state index contributed by atoms with van der Waals surface area (Å²) in [5.74, 6) is 1.37. The van der Waals surface area contributed by atoms with Gasteiger partial charge < -0.3 is 15.5 Å². The third kappa shape index (κ3) is 7.08. The lowest BCUT2D eigenvalue weighted by Gasteiger charge is -2.31. The Labute approximate surface area is 174 Å². The zero-order valence-corrected chi connectivity index (χ0v) is 19.2. The molecule has 0 aliphatic heterocycles. The number of likely N-dealkylation sites (N-methyl/N-ethyl adjacent to an activating group) is 1. The molecule has 1 aliphatic carbocycles. The summed E-state index contributed by atoms with van der Waals surface area (Å²) in [5, 5.41) is 10.3. The van der Waals surface area contributed by atoms with Gasteiger partial charge in [-0.2, -0.15) is 0 Å². The first-order valence-electron chi connectivity index (χ1n) is 10.4. The molecule has 0 aromatic carbocycles. The number of carbonyl (C=O) groups excluding carboxylic acids is 1. The van der Waals surface area contributed by atoms with Gasteiger partial charge in [0.2, 0.25) is 5.91 Å². The Morgan fingerprint density at radius 2 is 2.04 bits per heavy atom. The van der Waals surface area contributed by atoms with E-state index >= 15 is 0 Å². The number of aromatic nitrogens is 1. The molecule has 1 aromatic heterocycles. The maximum Gasteiger partial charge on any atom is 0.243 e. The van der Waals surface area contributed by atoms with Gasteiger partial charge in [0.05, 0.1) is 10.7 Å². The molecule has 7 heteroatoms. The third-order valence-electron chi connectivity index (χ3n) is 5.17. The zero-order chi connectivity index (χ0) is 20.7. The standard InChI is InChI=1S/C21H37N5OS/c1-15-9-7-8-10-17(15)25-20(23-13-18(27)26(5)6)22-12-11-16-14-28-19(24-16)21(2,3)4/h14-15,17H,7-13H2,1-6H3,(H2,22,23,25). The molecule has 158 valence electrons. The maximum absolute atomic E-state index is 12.0. The van der Waals surface area contributed by atoms with Crippen LogP contribution in [0.3, 0.4) is 0 Å². The topological polar surface area (TPSA) is 69.6 Å². The lowest BCUT2D eigenvalue weighted by atomic mass is 9.86. The fraction of sp³-hybridized carbons (Fsp3) is 0.762. The fourth-order valence-electron chi connectivity index (χ4n) is 3.22. The van der Waals surface area contributed by atoms with Gasteiger partial charge in [-0.25, -0.2) is 9.98 Å². The van der Waals surface area contributed by atoms with Crippen molar-refractivity contribution in [1.29, 1.82) is 0 Å². The SMILES string of the molecule is CC1CCCCC1NC(=NCC(=O)N(C)C)NCCc1csc(C(C)(C)C)n1. The van der Waals surface area contributed by atoms with Crippen LogP contribution < -0.4 is 10.6 Å². The molecular formula is C21H37N5OS. The Morgan fingerprint density at radius 1 is 1.32 bits per heavy atom. The van der Waals surface area contributed by atoms with Gasteiger partial charge in [-0.3, -0.25) is 4.79 Å². The molecule has 1 amide bonds. The first kappa shape index (κ1) is 22.7. The molecule has 6 nitrogen and oxygen atoms in total. The second-order valence-corrected chi connectivity index (χ2v) is 9.89. The van der Waals surface area contributed by atoms with Gasteiger partial charge in [0.1, 0.15) is 6.54 Å². The highest BCUT2D eigenvalue weighted by molar-refractivity contribution is 7.09. The van der Waals surface area contributed by atoms with E-state index in [0.717, 1.165) is 31.0 Å². The number of thiazole rings is 1. The van der Waals surface area contributed by atoms with Crippen LogP contribution in [0.5, 0.6) is 0 Å². The summed E-state index contributed by atoms with van der Waals surface area (Å²) in [6.07, 6.45) is 5.80. The first-order chi connectivity index (χ1) is 13.2. The van der Waals surface area contributed by atoms with Crippen molar-refractivity contribution in [3.8, 4) is 0 Å². The molecule has 1 heterocycles. The van der Waals surface area contributed by atoms with E-state index in [2.05, 4.69) is 48.7 Å². The molecule has 1 saturated carbocycles. The largest absolute Gasteiger partial charge is 0.356 e. The summed E-state index contributed by atoms with van der Waals surface area (Å²) in [6.45, 7) is 9.77. The van der Waals surface area contributed by atoms with E-state index in [1.807, 2.05) is 0 Å². The average Bonchev–Trinajstić information content (AvgIpc) is 3.10. The lowest BCUT2D eigenvalue weighted by molar-refractivity contribution is -0.127. The predicted molar refractivity (Wildman–Crippen MR) is 118 cm³/mol. The monoisotopic (exact) mass is 407 g/mol. The number of amides is 1. The van der Waals surface area contributed by atoms with Gasteiger partial charge in [-0.15, -0.1) is 11.3 Å². The van der Waals surface area contributed by atoms with Crippen LogP contribution in [0.2, 0.25) is 0 Å². The molecule has 28 heavy (non-hydrogen) atoms. The van der Waals surface area contributed by atoms with E-state index in [0.29, 0.717) is 12.0 Å². The number of rotatable bonds is 6. The van der Waals surface area contributed by atoms with Crippen LogP contribution in [0.4, 0.5) is 0 Å². The zero-order valence-electron chi connectivity index (χ0n) is 18.3. The third-order valence-corrected chi connectivity index (χ3v) is 6.49. The lowest BCUT2D eigenvalue weighted by Crippen LogP contribution is -2.48. The first-order valence-corrected chi connectivity index (χ1v) is 11.2. The van der Waals surface area contributed by atoms with Crippen molar-refractivity contribution in [3.05, 3.63) is 16.1 Å². The van der Waals surface area contributed by atoms with Gasteiger partial charge in [-0.05, 0) is 18.8 Å². The van der Waals surface area contributed by atoms with Crippen molar-refractivity contribution in [2.24, 2.45) is 10.9 Å². The Bertz CT molecular complexity index is 662. The number of aliphatic imine (C=N–C) groups is 1. The smallest absolute Gasteiger partial charge is 0.243 e. The molecule has 0 spiro atoms. The summed E-state index contributed by atoms with van der Waals surface area (Å²) < 4.78 is 0. The van der Waals surface area contributed by atoms with E-state index in [1.165, 1.54) is 24.3 Å². The van der Waals surface area contributed by atoms with Gasteiger partial charge in [0.15, 0.2) is 5.96 Å². The van der Waals surface area contributed by atoms with E-state index in [1.54, 1.807) is 30.3 Å². The number of guanidine groups is 1.